The van der Waals surface area contributed by atoms with Crippen LogP contribution in [0.4, 0.5) is 0 Å². The first kappa shape index (κ1) is 14.4. The summed E-state index contributed by atoms with van der Waals surface area (Å²) in [4.78, 5) is 24.2. The van der Waals surface area contributed by atoms with E-state index in [-0.39, 0.29) is 5.91 Å². The molecule has 0 aliphatic heterocycles. The third kappa shape index (κ3) is 3.50. The van der Waals surface area contributed by atoms with Crippen LogP contribution in [0.2, 0.25) is 0 Å². The highest BCUT2D eigenvalue weighted by Crippen LogP contribution is 2.29. The molecule has 1 aromatic carbocycles. The highest BCUT2D eigenvalue weighted by Gasteiger charge is 2.23. The molecule has 108 valence electrons. The molecular formula is C15H19NO4. The van der Waals surface area contributed by atoms with Crippen LogP contribution in [0, 0.1) is 5.92 Å². The molecule has 0 spiro atoms. The molecule has 0 saturated heterocycles. The lowest BCUT2D eigenvalue weighted by Gasteiger charge is -2.21. The van der Waals surface area contributed by atoms with E-state index in [1.165, 1.54) is 31.7 Å². The molecule has 1 aliphatic rings. The van der Waals surface area contributed by atoms with Gasteiger partial charge in [-0.3, -0.25) is 4.79 Å². The number of benzene rings is 1. The van der Waals surface area contributed by atoms with Crippen LogP contribution in [0.15, 0.2) is 24.3 Å². The Kier molecular flexibility index (Phi) is 4.27. The predicted molar refractivity (Wildman–Crippen MR) is 73.9 cm³/mol. The summed E-state index contributed by atoms with van der Waals surface area (Å²) in [6.45, 7) is 2.20. The zero-order valence-corrected chi connectivity index (χ0v) is 11.7. The lowest BCUT2D eigenvalue weighted by Crippen LogP contribution is -2.40. The largest absolute Gasteiger partial charge is 0.493 e. The van der Waals surface area contributed by atoms with Gasteiger partial charge in [-0.25, -0.2) is 4.79 Å². The van der Waals surface area contributed by atoms with Crippen molar-refractivity contribution in [2.45, 2.75) is 25.8 Å². The van der Waals surface area contributed by atoms with Crippen molar-refractivity contribution in [2.24, 2.45) is 5.92 Å². The van der Waals surface area contributed by atoms with E-state index < -0.39 is 12.0 Å². The Morgan fingerprint density at radius 1 is 1.35 bits per heavy atom. The van der Waals surface area contributed by atoms with Gasteiger partial charge in [0, 0.05) is 12.6 Å². The maximum absolute atomic E-state index is 12.1. The third-order valence-electron chi connectivity index (χ3n) is 3.54. The van der Waals surface area contributed by atoms with E-state index in [1.54, 1.807) is 24.3 Å². The summed E-state index contributed by atoms with van der Waals surface area (Å²) in [5.74, 6) is 0.0834. The van der Waals surface area contributed by atoms with E-state index in [9.17, 15) is 9.59 Å². The van der Waals surface area contributed by atoms with Crippen molar-refractivity contribution in [3.05, 3.63) is 29.8 Å². The highest BCUT2D eigenvalue weighted by molar-refractivity contribution is 5.96. The topological polar surface area (TPSA) is 66.8 Å². The van der Waals surface area contributed by atoms with Crippen LogP contribution in [-0.4, -0.2) is 41.6 Å². The molecule has 5 heteroatoms. The molecule has 0 bridgehead atoms. The number of aliphatic carboxylic acids is 1. The number of rotatable bonds is 6. The van der Waals surface area contributed by atoms with Crippen molar-refractivity contribution in [1.82, 2.24) is 4.90 Å². The fraction of sp³-hybridized carbons (Fsp3) is 0.467. The van der Waals surface area contributed by atoms with Gasteiger partial charge in [-0.15, -0.1) is 0 Å². The first-order valence-corrected chi connectivity index (χ1v) is 6.72. The monoisotopic (exact) mass is 277 g/mol. The molecule has 1 amide bonds. The van der Waals surface area contributed by atoms with Gasteiger partial charge in [0.2, 0.25) is 0 Å². The van der Waals surface area contributed by atoms with Gasteiger partial charge in [0.25, 0.3) is 5.91 Å². The number of carbonyl (C=O) groups is 2. The van der Waals surface area contributed by atoms with E-state index in [0.717, 1.165) is 12.4 Å². The van der Waals surface area contributed by atoms with E-state index in [4.69, 9.17) is 9.84 Å². The first-order valence-electron chi connectivity index (χ1n) is 6.72. The number of hydrogen-bond donors (Lipinski definition) is 1. The van der Waals surface area contributed by atoms with Gasteiger partial charge in [0.05, 0.1) is 6.61 Å². The first-order chi connectivity index (χ1) is 9.49. The van der Waals surface area contributed by atoms with Gasteiger partial charge in [-0.1, -0.05) is 0 Å². The Labute approximate surface area is 118 Å². The predicted octanol–water partition coefficient (Wildman–Crippen LogP) is 2.02. The Bertz CT molecular complexity index is 493. The van der Waals surface area contributed by atoms with Crippen molar-refractivity contribution in [3.8, 4) is 5.75 Å². The van der Waals surface area contributed by atoms with E-state index in [1.807, 2.05) is 0 Å². The van der Waals surface area contributed by atoms with Crippen LogP contribution in [0.3, 0.4) is 0 Å². The fourth-order valence-electron chi connectivity index (χ4n) is 1.74. The third-order valence-corrected chi connectivity index (χ3v) is 3.54. The number of nitrogens with zero attached hydrogens (tertiary/aromatic N) is 1. The zero-order chi connectivity index (χ0) is 14.7. The summed E-state index contributed by atoms with van der Waals surface area (Å²) < 4.78 is 5.59. The number of hydrogen-bond acceptors (Lipinski definition) is 3. The molecule has 1 fully saturated rings. The lowest BCUT2D eigenvalue weighted by molar-refractivity contribution is -0.141. The van der Waals surface area contributed by atoms with Crippen LogP contribution in [0.5, 0.6) is 5.75 Å². The van der Waals surface area contributed by atoms with Crippen molar-refractivity contribution >= 4 is 11.9 Å². The standard InChI is InChI=1S/C15H19NO4/c1-10(15(18)19)16(2)14(17)12-5-7-13(8-6-12)20-9-11-3-4-11/h5-8,10-11H,3-4,9H2,1-2H3,(H,18,19)/t10-/m0/s1. The Morgan fingerprint density at radius 3 is 2.45 bits per heavy atom. The zero-order valence-electron chi connectivity index (χ0n) is 11.7. The number of likely N-dealkylation sites (N-methyl/N-ethyl adjacent to an activating group) is 1. The Balaban J connectivity index is 1.97. The SMILES string of the molecule is C[C@@H](C(=O)O)N(C)C(=O)c1ccc(OCC2CC2)cc1. The van der Waals surface area contributed by atoms with Crippen LogP contribution in [0.1, 0.15) is 30.1 Å². The number of carboxylic acids is 1. The molecule has 0 heterocycles. The molecule has 0 unspecified atom stereocenters. The molecule has 5 nitrogen and oxygen atoms in total. The van der Waals surface area contributed by atoms with Gasteiger partial charge in [-0.2, -0.15) is 0 Å². The fourth-order valence-corrected chi connectivity index (χ4v) is 1.74. The maximum Gasteiger partial charge on any atom is 0.326 e. The van der Waals surface area contributed by atoms with Gasteiger partial charge < -0.3 is 14.7 Å². The summed E-state index contributed by atoms with van der Waals surface area (Å²) in [7, 11) is 1.48. The minimum atomic E-state index is -1.02. The van der Waals surface area contributed by atoms with Crippen LogP contribution < -0.4 is 4.74 Å². The Hall–Kier alpha value is -2.04. The number of ether oxygens (including phenoxy) is 1. The molecule has 0 aromatic heterocycles. The van der Waals surface area contributed by atoms with Crippen molar-refractivity contribution in [1.29, 1.82) is 0 Å². The van der Waals surface area contributed by atoms with Gasteiger partial charge in [0.1, 0.15) is 11.8 Å². The average Bonchev–Trinajstić information content (AvgIpc) is 3.27. The van der Waals surface area contributed by atoms with Gasteiger partial charge in [-0.05, 0) is 49.9 Å². The lowest BCUT2D eigenvalue weighted by atomic mass is 10.1. The van der Waals surface area contributed by atoms with Crippen molar-refractivity contribution < 1.29 is 19.4 Å². The van der Waals surface area contributed by atoms with E-state index in [0.29, 0.717) is 11.5 Å². The van der Waals surface area contributed by atoms with Crippen molar-refractivity contribution in [3.63, 3.8) is 0 Å². The van der Waals surface area contributed by atoms with Gasteiger partial charge in [0.15, 0.2) is 0 Å². The highest BCUT2D eigenvalue weighted by atomic mass is 16.5. The van der Waals surface area contributed by atoms with E-state index >= 15 is 0 Å². The summed E-state index contributed by atoms with van der Waals surface area (Å²) in [6.07, 6.45) is 2.46. The summed E-state index contributed by atoms with van der Waals surface area (Å²) in [5.41, 5.74) is 0.458. The second-order valence-electron chi connectivity index (χ2n) is 5.21. The quantitative estimate of drug-likeness (QED) is 0.864. The van der Waals surface area contributed by atoms with Crippen molar-refractivity contribution in [2.75, 3.05) is 13.7 Å². The smallest absolute Gasteiger partial charge is 0.326 e. The second-order valence-corrected chi connectivity index (χ2v) is 5.21. The summed E-state index contributed by atoms with van der Waals surface area (Å²) in [5, 5.41) is 8.91. The molecule has 0 radical (unpaired) electrons. The molecule has 2 rings (SSSR count). The van der Waals surface area contributed by atoms with Crippen LogP contribution in [0.25, 0.3) is 0 Å². The minimum absolute atomic E-state index is 0.311. The number of carbonyl (C=O) groups excluding carboxylic acids is 1. The normalized spacial score (nSPS) is 15.5. The molecule has 1 saturated carbocycles. The van der Waals surface area contributed by atoms with E-state index in [2.05, 4.69) is 0 Å². The number of carboxylic acid groups (broad SMARTS) is 1. The molecular weight excluding hydrogens is 258 g/mol. The summed E-state index contributed by atoms with van der Waals surface area (Å²) in [6, 6.07) is 5.96. The Morgan fingerprint density at radius 2 is 1.95 bits per heavy atom. The molecule has 1 atom stereocenters. The average molecular weight is 277 g/mol. The van der Waals surface area contributed by atoms with Crippen LogP contribution in [-0.2, 0) is 4.79 Å². The molecule has 20 heavy (non-hydrogen) atoms. The molecule has 1 aromatic rings. The number of amides is 1. The maximum atomic E-state index is 12.1. The van der Waals surface area contributed by atoms with Gasteiger partial charge >= 0.3 is 5.97 Å². The molecule has 1 aliphatic carbocycles. The second kappa shape index (κ2) is 5.94. The minimum Gasteiger partial charge on any atom is -0.493 e. The molecule has 1 N–H and O–H groups in total. The summed E-state index contributed by atoms with van der Waals surface area (Å²) >= 11 is 0. The van der Waals surface area contributed by atoms with Crippen LogP contribution >= 0.6 is 0 Å².